The minimum atomic E-state index is -0.253. The number of fused-ring (bicyclic) bond motifs is 2. The van der Waals surface area contributed by atoms with Crippen LogP contribution in [-0.2, 0) is 0 Å². The molecule has 0 aromatic carbocycles. The van der Waals surface area contributed by atoms with E-state index in [1.807, 2.05) is 17.0 Å². The molecule has 3 heterocycles. The Labute approximate surface area is 125 Å². The minimum absolute atomic E-state index is 0.00884. The third-order valence-corrected chi connectivity index (χ3v) is 4.50. The maximum Gasteiger partial charge on any atom is 0.273 e. The number of aliphatic hydroxyl groups is 1. The molecule has 21 heavy (non-hydrogen) atoms. The smallest absolute Gasteiger partial charge is 0.273 e. The molecule has 1 aromatic rings. The Morgan fingerprint density at radius 3 is 2.81 bits per heavy atom. The minimum Gasteiger partial charge on any atom is -0.393 e. The number of nitrogens with zero attached hydrogens (tertiary/aromatic N) is 2. The first-order valence-corrected chi connectivity index (χ1v) is 7.89. The van der Waals surface area contributed by atoms with E-state index >= 15 is 0 Å². The summed E-state index contributed by atoms with van der Waals surface area (Å²) in [7, 11) is 0. The predicted molar refractivity (Wildman–Crippen MR) is 81.2 cm³/mol. The fourth-order valence-corrected chi connectivity index (χ4v) is 3.54. The van der Waals surface area contributed by atoms with Gasteiger partial charge in [0.1, 0.15) is 5.69 Å². The van der Waals surface area contributed by atoms with Gasteiger partial charge in [-0.2, -0.15) is 0 Å². The van der Waals surface area contributed by atoms with Crippen LogP contribution in [0.1, 0.15) is 49.5 Å². The molecule has 2 unspecified atom stereocenters. The second kappa shape index (κ2) is 6.02. The van der Waals surface area contributed by atoms with Gasteiger partial charge in [0, 0.05) is 30.5 Å². The van der Waals surface area contributed by atoms with Crippen molar-refractivity contribution in [2.45, 2.75) is 57.2 Å². The number of aromatic nitrogens is 1. The van der Waals surface area contributed by atoms with E-state index in [1.54, 1.807) is 6.20 Å². The lowest BCUT2D eigenvalue weighted by Crippen LogP contribution is -2.48. The first kappa shape index (κ1) is 14.3. The second-order valence-electron chi connectivity index (χ2n) is 6.08. The van der Waals surface area contributed by atoms with E-state index in [0.29, 0.717) is 18.5 Å². The number of carbonyl (C=O) groups is 1. The fraction of sp³-hybridized carbons (Fsp3) is 0.625. The van der Waals surface area contributed by atoms with Gasteiger partial charge in [0.25, 0.3) is 5.91 Å². The molecule has 1 amide bonds. The largest absolute Gasteiger partial charge is 0.393 e. The Morgan fingerprint density at radius 1 is 1.43 bits per heavy atom. The van der Waals surface area contributed by atoms with Gasteiger partial charge in [-0.25, -0.2) is 0 Å². The van der Waals surface area contributed by atoms with Gasteiger partial charge >= 0.3 is 0 Å². The summed E-state index contributed by atoms with van der Waals surface area (Å²) in [5.74, 6) is 0.00884. The molecule has 0 radical (unpaired) electrons. The number of carbonyl (C=O) groups excluding carboxylic acids is 1. The van der Waals surface area contributed by atoms with E-state index in [4.69, 9.17) is 0 Å². The van der Waals surface area contributed by atoms with E-state index in [2.05, 4.69) is 17.2 Å². The van der Waals surface area contributed by atoms with Crippen molar-refractivity contribution in [1.82, 2.24) is 9.88 Å². The van der Waals surface area contributed by atoms with Gasteiger partial charge in [-0.15, -0.1) is 0 Å². The molecule has 2 aliphatic rings. The highest BCUT2D eigenvalue weighted by Gasteiger charge is 2.43. The Balaban J connectivity index is 1.76. The Hall–Kier alpha value is -1.62. The molecule has 0 saturated carbocycles. The van der Waals surface area contributed by atoms with E-state index in [1.165, 1.54) is 0 Å². The van der Waals surface area contributed by atoms with Gasteiger partial charge in [-0.05, 0) is 44.2 Å². The third kappa shape index (κ3) is 2.88. The molecular weight excluding hydrogens is 266 g/mol. The number of nitrogens with one attached hydrogen (secondary N) is 1. The van der Waals surface area contributed by atoms with Crippen molar-refractivity contribution in [2.75, 3.05) is 11.9 Å². The highest BCUT2D eigenvalue weighted by atomic mass is 16.3. The standard InChI is InChI=1S/C16H23N3O2/c1-2-6-17-11-5-7-18-15(8-11)16(21)19-12-3-4-13(19)10-14(20)9-12/h5,7-8,12-14,20H,2-4,6,9-10H2,1H3,(H,17,18). The van der Waals surface area contributed by atoms with E-state index in [0.717, 1.165) is 31.5 Å². The first-order valence-electron chi connectivity index (χ1n) is 7.89. The summed E-state index contributed by atoms with van der Waals surface area (Å²) < 4.78 is 0. The summed E-state index contributed by atoms with van der Waals surface area (Å²) >= 11 is 0. The lowest BCUT2D eigenvalue weighted by molar-refractivity contribution is 0.0282. The Morgan fingerprint density at radius 2 is 2.14 bits per heavy atom. The Bertz CT molecular complexity index is 506. The van der Waals surface area contributed by atoms with Crippen LogP contribution in [0.2, 0.25) is 0 Å². The van der Waals surface area contributed by atoms with Gasteiger partial charge in [0.15, 0.2) is 0 Å². The van der Waals surface area contributed by atoms with Crippen LogP contribution in [0.15, 0.2) is 18.3 Å². The van der Waals surface area contributed by atoms with Gasteiger partial charge in [-0.3, -0.25) is 9.78 Å². The predicted octanol–water partition coefficient (Wildman–Crippen LogP) is 2.03. The summed E-state index contributed by atoms with van der Waals surface area (Å²) in [5, 5.41) is 13.1. The van der Waals surface area contributed by atoms with Crippen molar-refractivity contribution in [1.29, 1.82) is 0 Å². The number of amides is 1. The molecule has 3 rings (SSSR count). The van der Waals surface area contributed by atoms with Crippen molar-refractivity contribution in [3.63, 3.8) is 0 Å². The molecule has 5 heteroatoms. The molecule has 2 atom stereocenters. The number of hydrogen-bond donors (Lipinski definition) is 2. The zero-order chi connectivity index (χ0) is 14.8. The summed E-state index contributed by atoms with van der Waals surface area (Å²) in [6.45, 7) is 3.00. The molecule has 114 valence electrons. The van der Waals surface area contributed by atoms with Gasteiger partial charge in [-0.1, -0.05) is 6.92 Å². The van der Waals surface area contributed by atoms with Gasteiger partial charge in [0.2, 0.25) is 0 Å². The number of piperidine rings is 1. The number of anilines is 1. The summed E-state index contributed by atoms with van der Waals surface area (Å²) in [6.07, 6.45) is 5.89. The summed E-state index contributed by atoms with van der Waals surface area (Å²) in [4.78, 5) is 18.9. The lowest BCUT2D eigenvalue weighted by Gasteiger charge is -2.37. The van der Waals surface area contributed by atoms with Crippen molar-refractivity contribution in [2.24, 2.45) is 0 Å². The SMILES string of the molecule is CCCNc1ccnc(C(=O)N2C3CCC2CC(O)C3)c1. The monoisotopic (exact) mass is 289 g/mol. The summed E-state index contributed by atoms with van der Waals surface area (Å²) in [5.41, 5.74) is 1.45. The van der Waals surface area contributed by atoms with Crippen LogP contribution >= 0.6 is 0 Å². The number of rotatable bonds is 4. The van der Waals surface area contributed by atoms with Crippen molar-refractivity contribution < 1.29 is 9.90 Å². The normalized spacial score (nSPS) is 27.7. The molecule has 5 nitrogen and oxygen atoms in total. The van der Waals surface area contributed by atoms with Crippen molar-refractivity contribution in [3.05, 3.63) is 24.0 Å². The topological polar surface area (TPSA) is 65.5 Å². The fourth-order valence-electron chi connectivity index (χ4n) is 3.54. The van der Waals surface area contributed by atoms with Crippen LogP contribution in [0, 0.1) is 0 Å². The second-order valence-corrected chi connectivity index (χ2v) is 6.08. The average molecular weight is 289 g/mol. The maximum absolute atomic E-state index is 12.7. The number of aliphatic hydroxyl groups excluding tert-OH is 1. The molecule has 2 fully saturated rings. The van der Waals surface area contributed by atoms with Crippen molar-refractivity contribution in [3.8, 4) is 0 Å². The van der Waals surface area contributed by atoms with Crippen LogP contribution in [-0.4, -0.2) is 45.6 Å². The number of pyridine rings is 1. The van der Waals surface area contributed by atoms with Crippen LogP contribution in [0.25, 0.3) is 0 Å². The molecule has 1 aromatic heterocycles. The zero-order valence-corrected chi connectivity index (χ0v) is 12.5. The zero-order valence-electron chi connectivity index (χ0n) is 12.5. The first-order chi connectivity index (χ1) is 10.2. The average Bonchev–Trinajstić information content (AvgIpc) is 2.76. The van der Waals surface area contributed by atoms with Crippen LogP contribution in [0.5, 0.6) is 0 Å². The molecule has 2 N–H and O–H groups in total. The van der Waals surface area contributed by atoms with Crippen LogP contribution in [0.4, 0.5) is 5.69 Å². The lowest BCUT2D eigenvalue weighted by atomic mass is 9.99. The highest BCUT2D eigenvalue weighted by molar-refractivity contribution is 5.93. The molecule has 2 bridgehead atoms. The molecule has 0 aliphatic carbocycles. The van der Waals surface area contributed by atoms with Crippen LogP contribution in [0.3, 0.4) is 0 Å². The van der Waals surface area contributed by atoms with Crippen LogP contribution < -0.4 is 5.32 Å². The van der Waals surface area contributed by atoms with Gasteiger partial charge < -0.3 is 15.3 Å². The molecule has 0 spiro atoms. The van der Waals surface area contributed by atoms with E-state index in [-0.39, 0.29) is 24.1 Å². The molecular formula is C16H23N3O2. The maximum atomic E-state index is 12.7. The Kier molecular flexibility index (Phi) is 4.10. The van der Waals surface area contributed by atoms with E-state index < -0.39 is 0 Å². The van der Waals surface area contributed by atoms with Gasteiger partial charge in [0.05, 0.1) is 6.10 Å². The number of hydrogen-bond acceptors (Lipinski definition) is 4. The highest BCUT2D eigenvalue weighted by Crippen LogP contribution is 2.36. The van der Waals surface area contributed by atoms with Crippen molar-refractivity contribution >= 4 is 11.6 Å². The third-order valence-electron chi connectivity index (χ3n) is 4.50. The molecule has 2 saturated heterocycles. The quantitative estimate of drug-likeness (QED) is 0.890. The van der Waals surface area contributed by atoms with E-state index in [9.17, 15) is 9.90 Å². The molecule has 2 aliphatic heterocycles. The summed E-state index contributed by atoms with van der Waals surface area (Å²) in [6, 6.07) is 4.09.